The van der Waals surface area contributed by atoms with Crippen LogP contribution in [0.25, 0.3) is 0 Å². The second kappa shape index (κ2) is 17.9. The van der Waals surface area contributed by atoms with Crippen molar-refractivity contribution in [2.75, 3.05) is 13.2 Å². The summed E-state index contributed by atoms with van der Waals surface area (Å²) in [6.07, 6.45) is 11.3. The first-order valence-electron chi connectivity index (χ1n) is 7.94. The Kier molecular flexibility index (Phi) is 19.9. The molecule has 19 heavy (non-hydrogen) atoms. The van der Waals surface area contributed by atoms with Crippen LogP contribution in [0.2, 0.25) is 0 Å². The maximum atomic E-state index is 8.59. The quantitative estimate of drug-likeness (QED) is 0.506. The van der Waals surface area contributed by atoms with Crippen molar-refractivity contribution in [1.82, 2.24) is 0 Å². The van der Waals surface area contributed by atoms with Gasteiger partial charge in [-0.05, 0) is 19.3 Å². The van der Waals surface area contributed by atoms with Crippen molar-refractivity contribution in [3.63, 3.8) is 0 Å². The monoisotopic (exact) mass is 276 g/mol. The van der Waals surface area contributed by atoms with E-state index in [4.69, 9.17) is 15.3 Å². The van der Waals surface area contributed by atoms with Crippen LogP contribution in [0, 0.1) is 5.92 Å². The fraction of sp³-hybridized carbons (Fsp3) is 1.00. The molecule has 1 atom stereocenters. The maximum Gasteiger partial charge on any atom is 0.0742 e. The largest absolute Gasteiger partial charge is 0.396 e. The van der Waals surface area contributed by atoms with Crippen LogP contribution in [0.3, 0.4) is 0 Å². The van der Waals surface area contributed by atoms with Gasteiger partial charge in [-0.1, -0.05) is 65.2 Å². The summed E-state index contributed by atoms with van der Waals surface area (Å²) in [7, 11) is 0. The Morgan fingerprint density at radius 1 is 0.684 bits per heavy atom. The van der Waals surface area contributed by atoms with Gasteiger partial charge >= 0.3 is 0 Å². The molecule has 0 amide bonds. The summed E-state index contributed by atoms with van der Waals surface area (Å²) in [5.41, 5.74) is 0. The molecule has 0 fully saturated rings. The molecule has 0 saturated carbocycles. The van der Waals surface area contributed by atoms with Crippen LogP contribution in [0.5, 0.6) is 0 Å². The van der Waals surface area contributed by atoms with Crippen molar-refractivity contribution in [3.05, 3.63) is 0 Å². The van der Waals surface area contributed by atoms with Crippen LogP contribution in [0.4, 0.5) is 0 Å². The maximum absolute atomic E-state index is 8.59. The van der Waals surface area contributed by atoms with E-state index in [9.17, 15) is 0 Å². The zero-order chi connectivity index (χ0) is 14.9. The molecule has 3 N–H and O–H groups in total. The molecule has 0 aromatic heterocycles. The van der Waals surface area contributed by atoms with Gasteiger partial charge in [0.1, 0.15) is 0 Å². The molecule has 0 radical (unpaired) electrons. The summed E-state index contributed by atoms with van der Waals surface area (Å²) in [6, 6.07) is 0. The molecule has 3 nitrogen and oxygen atoms in total. The van der Waals surface area contributed by atoms with Crippen molar-refractivity contribution in [1.29, 1.82) is 0 Å². The number of unbranched alkanes of at least 4 members (excludes halogenated alkanes) is 7. The average Bonchev–Trinajstić information content (AvgIpc) is 2.37. The average molecular weight is 276 g/mol. The van der Waals surface area contributed by atoms with Gasteiger partial charge < -0.3 is 15.3 Å². The molecule has 118 valence electrons. The van der Waals surface area contributed by atoms with Crippen molar-refractivity contribution in [2.45, 2.75) is 84.7 Å². The molecule has 1 unspecified atom stereocenters. The minimum absolute atomic E-state index is 0.139. The van der Waals surface area contributed by atoms with E-state index in [2.05, 4.69) is 13.8 Å². The predicted octanol–water partition coefficient (Wildman–Crippen LogP) is 3.51. The summed E-state index contributed by atoms with van der Waals surface area (Å²) in [6.45, 7) is 6.36. The Bertz CT molecular complexity index is 147. The highest BCUT2D eigenvalue weighted by Gasteiger charge is 1.94. The second-order valence-electron chi connectivity index (χ2n) is 5.77. The van der Waals surface area contributed by atoms with E-state index < -0.39 is 6.10 Å². The molecular weight excluding hydrogens is 240 g/mol. The minimum Gasteiger partial charge on any atom is -0.396 e. The number of hydrogen-bond donors (Lipinski definition) is 3. The Hall–Kier alpha value is -0.120. The van der Waals surface area contributed by atoms with Gasteiger partial charge in [0.15, 0.2) is 0 Å². The molecule has 0 bridgehead atoms. The zero-order valence-corrected chi connectivity index (χ0v) is 13.3. The molecule has 0 aromatic carbocycles. The van der Waals surface area contributed by atoms with Crippen LogP contribution >= 0.6 is 0 Å². The van der Waals surface area contributed by atoms with E-state index in [1.165, 1.54) is 58.3 Å². The van der Waals surface area contributed by atoms with Crippen molar-refractivity contribution in [2.24, 2.45) is 5.92 Å². The first-order valence-corrected chi connectivity index (χ1v) is 7.94. The molecule has 0 aliphatic heterocycles. The third-order valence-electron chi connectivity index (χ3n) is 2.95. The van der Waals surface area contributed by atoms with E-state index in [0.717, 1.165) is 12.3 Å². The van der Waals surface area contributed by atoms with Crippen molar-refractivity contribution >= 4 is 0 Å². The molecule has 0 aliphatic carbocycles. The van der Waals surface area contributed by atoms with Gasteiger partial charge in [-0.3, -0.25) is 0 Å². The Labute approximate surface area is 120 Å². The lowest BCUT2D eigenvalue weighted by molar-refractivity contribution is 0.110. The minimum atomic E-state index is -0.560. The molecule has 0 aliphatic rings. The first kappa shape index (κ1) is 21.2. The van der Waals surface area contributed by atoms with Crippen molar-refractivity contribution in [3.8, 4) is 0 Å². The Morgan fingerprint density at radius 3 is 1.37 bits per heavy atom. The molecule has 0 rings (SSSR count). The zero-order valence-electron chi connectivity index (χ0n) is 13.3. The molecule has 0 saturated heterocycles. The van der Waals surface area contributed by atoms with Gasteiger partial charge in [-0.25, -0.2) is 0 Å². The highest BCUT2D eigenvalue weighted by Crippen LogP contribution is 2.12. The standard InChI is InChI=1S/C13H28O.C3H8O2/c1-13(2)11-9-7-5-3-4-6-8-10-12-14;1-3(5)2-4/h13-14H,3-12H2,1-2H3;3-5H,2H2,1H3. The molecular formula is C16H36O3. The summed E-state index contributed by atoms with van der Waals surface area (Å²) in [5.74, 6) is 0.875. The summed E-state index contributed by atoms with van der Waals surface area (Å²) in [4.78, 5) is 0. The lowest BCUT2D eigenvalue weighted by Gasteiger charge is -2.04. The first-order chi connectivity index (χ1) is 9.04. The highest BCUT2D eigenvalue weighted by molar-refractivity contribution is 4.49. The smallest absolute Gasteiger partial charge is 0.0742 e. The number of aliphatic hydroxyl groups is 3. The number of rotatable bonds is 11. The molecule has 3 heteroatoms. The topological polar surface area (TPSA) is 60.7 Å². The van der Waals surface area contributed by atoms with E-state index >= 15 is 0 Å². The van der Waals surface area contributed by atoms with Crippen LogP contribution in [-0.2, 0) is 0 Å². The fourth-order valence-corrected chi connectivity index (χ4v) is 1.73. The predicted molar refractivity (Wildman–Crippen MR) is 82.2 cm³/mol. The summed E-state index contributed by atoms with van der Waals surface area (Å²) >= 11 is 0. The van der Waals surface area contributed by atoms with Crippen LogP contribution in [-0.4, -0.2) is 34.6 Å². The van der Waals surface area contributed by atoms with Gasteiger partial charge in [0.2, 0.25) is 0 Å². The second-order valence-corrected chi connectivity index (χ2v) is 5.77. The van der Waals surface area contributed by atoms with Crippen molar-refractivity contribution < 1.29 is 15.3 Å². The highest BCUT2D eigenvalue weighted by atomic mass is 16.3. The van der Waals surface area contributed by atoms with E-state index in [-0.39, 0.29) is 6.61 Å². The number of aliphatic hydroxyl groups excluding tert-OH is 3. The Morgan fingerprint density at radius 2 is 1.05 bits per heavy atom. The summed E-state index contributed by atoms with van der Waals surface area (Å²) < 4.78 is 0. The molecule has 0 aromatic rings. The lowest BCUT2D eigenvalue weighted by atomic mass is 10.0. The van der Waals surface area contributed by atoms with E-state index in [1.807, 2.05) is 0 Å². The third kappa shape index (κ3) is 27.2. The SMILES string of the molecule is CC(C)CCCCCCCCCCO.CC(O)CO. The Balaban J connectivity index is 0. The number of hydrogen-bond acceptors (Lipinski definition) is 3. The van der Waals surface area contributed by atoms with Gasteiger partial charge in [0.25, 0.3) is 0 Å². The summed E-state index contributed by atoms with van der Waals surface area (Å²) in [5, 5.41) is 24.6. The van der Waals surface area contributed by atoms with Crippen LogP contribution < -0.4 is 0 Å². The van der Waals surface area contributed by atoms with Gasteiger partial charge in [-0.15, -0.1) is 0 Å². The molecule has 0 heterocycles. The molecule has 0 spiro atoms. The normalized spacial score (nSPS) is 12.2. The van der Waals surface area contributed by atoms with Crippen LogP contribution in [0.15, 0.2) is 0 Å². The van der Waals surface area contributed by atoms with Gasteiger partial charge in [-0.2, -0.15) is 0 Å². The van der Waals surface area contributed by atoms with Crippen LogP contribution in [0.1, 0.15) is 78.6 Å². The van der Waals surface area contributed by atoms with E-state index in [0.29, 0.717) is 6.61 Å². The lowest BCUT2D eigenvalue weighted by Crippen LogP contribution is -2.03. The van der Waals surface area contributed by atoms with Gasteiger partial charge in [0.05, 0.1) is 12.7 Å². The van der Waals surface area contributed by atoms with Gasteiger partial charge in [0, 0.05) is 6.61 Å². The van der Waals surface area contributed by atoms with E-state index in [1.54, 1.807) is 0 Å². The third-order valence-corrected chi connectivity index (χ3v) is 2.95. The fourth-order valence-electron chi connectivity index (χ4n) is 1.73.